The van der Waals surface area contributed by atoms with Crippen molar-refractivity contribution >= 4 is 11.6 Å². The Morgan fingerprint density at radius 3 is 2.56 bits per heavy atom. The fourth-order valence-electron chi connectivity index (χ4n) is 3.50. The molecule has 27 heavy (non-hydrogen) atoms. The van der Waals surface area contributed by atoms with E-state index >= 15 is 0 Å². The quantitative estimate of drug-likeness (QED) is 0.690. The Labute approximate surface area is 159 Å². The second kappa shape index (κ2) is 6.65. The molecule has 2 heterocycles. The summed E-state index contributed by atoms with van der Waals surface area (Å²) in [6, 6.07) is 12.3. The molecular formula is C22H23N3O2. The number of hydrogen-bond acceptors (Lipinski definition) is 4. The summed E-state index contributed by atoms with van der Waals surface area (Å²) in [5, 5.41) is 4.17. The molecule has 1 atom stereocenters. The van der Waals surface area contributed by atoms with Crippen LogP contribution in [0, 0.1) is 27.7 Å². The Hall–Kier alpha value is -2.95. The highest BCUT2D eigenvalue weighted by Crippen LogP contribution is 2.33. The Morgan fingerprint density at radius 1 is 1.00 bits per heavy atom. The van der Waals surface area contributed by atoms with Gasteiger partial charge in [0.25, 0.3) is 0 Å². The maximum atomic E-state index is 12.6. The van der Waals surface area contributed by atoms with Crippen LogP contribution in [-0.4, -0.2) is 22.6 Å². The van der Waals surface area contributed by atoms with Crippen LogP contribution in [0.15, 0.2) is 40.9 Å². The van der Waals surface area contributed by atoms with Crippen LogP contribution in [0.1, 0.15) is 40.5 Å². The molecule has 0 aliphatic carbocycles. The van der Waals surface area contributed by atoms with Crippen LogP contribution in [0.4, 0.5) is 5.69 Å². The van der Waals surface area contributed by atoms with E-state index in [1.54, 1.807) is 0 Å². The summed E-state index contributed by atoms with van der Waals surface area (Å²) in [6.45, 7) is 8.77. The van der Waals surface area contributed by atoms with E-state index in [-0.39, 0.29) is 11.8 Å². The van der Waals surface area contributed by atoms with Gasteiger partial charge < -0.3 is 9.42 Å². The van der Waals surface area contributed by atoms with Gasteiger partial charge in [-0.2, -0.15) is 4.98 Å². The standard InChI is InChI=1S/C22H23N3O2/c1-13-5-6-15(3)19(9-13)21-23-22(27-24-21)17-11-20(26)25(12-17)18-8-7-14(2)16(4)10-18/h5-10,17H,11-12H2,1-4H3. The Kier molecular flexibility index (Phi) is 4.30. The molecule has 138 valence electrons. The van der Waals surface area contributed by atoms with Crippen molar-refractivity contribution in [3.05, 3.63) is 64.5 Å². The second-order valence-corrected chi connectivity index (χ2v) is 7.45. The van der Waals surface area contributed by atoms with E-state index in [2.05, 4.69) is 54.3 Å². The molecule has 5 nitrogen and oxygen atoms in total. The lowest BCUT2D eigenvalue weighted by Crippen LogP contribution is -2.24. The van der Waals surface area contributed by atoms with E-state index in [1.807, 2.05) is 24.8 Å². The van der Waals surface area contributed by atoms with Gasteiger partial charge in [0.15, 0.2) is 0 Å². The number of anilines is 1. The molecule has 5 heteroatoms. The minimum atomic E-state index is -0.0783. The van der Waals surface area contributed by atoms with Gasteiger partial charge in [-0.15, -0.1) is 0 Å². The molecule has 0 bridgehead atoms. The molecule has 3 aromatic rings. The monoisotopic (exact) mass is 361 g/mol. The van der Waals surface area contributed by atoms with Gasteiger partial charge in [-0.3, -0.25) is 4.79 Å². The van der Waals surface area contributed by atoms with E-state index in [4.69, 9.17) is 4.52 Å². The van der Waals surface area contributed by atoms with Crippen LogP contribution in [0.5, 0.6) is 0 Å². The topological polar surface area (TPSA) is 59.2 Å². The average Bonchev–Trinajstić information content (AvgIpc) is 3.26. The van der Waals surface area contributed by atoms with E-state index in [9.17, 15) is 4.79 Å². The zero-order valence-electron chi connectivity index (χ0n) is 16.1. The molecule has 0 N–H and O–H groups in total. The van der Waals surface area contributed by atoms with Crippen molar-refractivity contribution in [2.75, 3.05) is 11.4 Å². The Bertz CT molecular complexity index is 1020. The van der Waals surface area contributed by atoms with E-state index in [0.29, 0.717) is 24.7 Å². The number of aryl methyl sites for hydroxylation is 4. The van der Waals surface area contributed by atoms with E-state index < -0.39 is 0 Å². The number of carbonyl (C=O) groups excluding carboxylic acids is 1. The first-order valence-electron chi connectivity index (χ1n) is 9.21. The number of amides is 1. The van der Waals surface area contributed by atoms with Crippen molar-refractivity contribution in [2.24, 2.45) is 0 Å². The van der Waals surface area contributed by atoms with Crippen molar-refractivity contribution in [1.29, 1.82) is 0 Å². The van der Waals surface area contributed by atoms with Crippen LogP contribution >= 0.6 is 0 Å². The third kappa shape index (κ3) is 3.25. The number of benzene rings is 2. The van der Waals surface area contributed by atoms with E-state index in [0.717, 1.165) is 22.4 Å². The number of aromatic nitrogens is 2. The molecule has 0 radical (unpaired) electrons. The number of carbonyl (C=O) groups is 1. The summed E-state index contributed by atoms with van der Waals surface area (Å²) in [6.07, 6.45) is 0.390. The van der Waals surface area contributed by atoms with Gasteiger partial charge in [-0.05, 0) is 62.6 Å². The van der Waals surface area contributed by atoms with Crippen LogP contribution in [0.3, 0.4) is 0 Å². The zero-order valence-corrected chi connectivity index (χ0v) is 16.1. The van der Waals surface area contributed by atoms with Crippen molar-refractivity contribution < 1.29 is 9.32 Å². The summed E-state index contributed by atoms with van der Waals surface area (Å²) in [5.74, 6) is 1.13. The molecule has 1 unspecified atom stereocenters. The third-order valence-corrected chi connectivity index (χ3v) is 5.35. The van der Waals surface area contributed by atoms with Gasteiger partial charge in [0.1, 0.15) is 0 Å². The molecule has 0 spiro atoms. The highest BCUT2D eigenvalue weighted by atomic mass is 16.5. The maximum absolute atomic E-state index is 12.6. The summed E-state index contributed by atoms with van der Waals surface area (Å²) >= 11 is 0. The first-order valence-corrected chi connectivity index (χ1v) is 9.21. The van der Waals surface area contributed by atoms with Crippen LogP contribution in [-0.2, 0) is 4.79 Å². The molecule has 1 saturated heterocycles. The van der Waals surface area contributed by atoms with Gasteiger partial charge in [-0.25, -0.2) is 0 Å². The lowest BCUT2D eigenvalue weighted by molar-refractivity contribution is -0.117. The first-order chi connectivity index (χ1) is 12.9. The zero-order chi connectivity index (χ0) is 19.1. The van der Waals surface area contributed by atoms with Crippen molar-refractivity contribution in [3.8, 4) is 11.4 Å². The van der Waals surface area contributed by atoms with Crippen molar-refractivity contribution in [1.82, 2.24) is 10.1 Å². The predicted octanol–water partition coefficient (Wildman–Crippen LogP) is 4.49. The van der Waals surface area contributed by atoms with Gasteiger partial charge >= 0.3 is 0 Å². The summed E-state index contributed by atoms with van der Waals surface area (Å²) in [7, 11) is 0. The number of rotatable bonds is 3. The lowest BCUT2D eigenvalue weighted by Gasteiger charge is -2.17. The average molecular weight is 361 g/mol. The fourth-order valence-corrected chi connectivity index (χ4v) is 3.50. The molecule has 1 aromatic heterocycles. The second-order valence-electron chi connectivity index (χ2n) is 7.45. The number of nitrogens with zero attached hydrogens (tertiary/aromatic N) is 3. The van der Waals surface area contributed by atoms with E-state index in [1.165, 1.54) is 11.1 Å². The fraction of sp³-hybridized carbons (Fsp3) is 0.318. The molecule has 0 saturated carbocycles. The molecule has 1 fully saturated rings. The maximum Gasteiger partial charge on any atom is 0.232 e. The SMILES string of the molecule is Cc1ccc(C)c(-c2noc(C3CC(=O)N(c4ccc(C)c(C)c4)C3)n2)c1. The van der Waals surface area contributed by atoms with Gasteiger partial charge in [0.05, 0.1) is 5.92 Å². The smallest absolute Gasteiger partial charge is 0.232 e. The summed E-state index contributed by atoms with van der Waals surface area (Å²) in [5.41, 5.74) is 6.56. The van der Waals surface area contributed by atoms with Crippen molar-refractivity contribution in [3.63, 3.8) is 0 Å². The normalized spacial score (nSPS) is 17.0. The summed E-state index contributed by atoms with van der Waals surface area (Å²) < 4.78 is 5.53. The molecular weight excluding hydrogens is 338 g/mol. The summed E-state index contributed by atoms with van der Waals surface area (Å²) in [4.78, 5) is 19.0. The molecule has 2 aromatic carbocycles. The lowest BCUT2D eigenvalue weighted by atomic mass is 10.1. The van der Waals surface area contributed by atoms with Gasteiger partial charge in [0, 0.05) is 24.2 Å². The Morgan fingerprint density at radius 2 is 1.78 bits per heavy atom. The van der Waals surface area contributed by atoms with Crippen LogP contribution in [0.2, 0.25) is 0 Å². The largest absolute Gasteiger partial charge is 0.339 e. The Balaban J connectivity index is 1.58. The van der Waals surface area contributed by atoms with Crippen molar-refractivity contribution in [2.45, 2.75) is 40.0 Å². The highest BCUT2D eigenvalue weighted by Gasteiger charge is 2.35. The van der Waals surface area contributed by atoms with Crippen LogP contribution < -0.4 is 4.90 Å². The highest BCUT2D eigenvalue weighted by molar-refractivity contribution is 5.96. The third-order valence-electron chi connectivity index (χ3n) is 5.35. The minimum Gasteiger partial charge on any atom is -0.339 e. The molecule has 4 rings (SSSR count). The predicted molar refractivity (Wildman–Crippen MR) is 105 cm³/mol. The first kappa shape index (κ1) is 17.5. The number of hydrogen-bond donors (Lipinski definition) is 0. The van der Waals surface area contributed by atoms with Crippen LogP contribution in [0.25, 0.3) is 11.4 Å². The minimum absolute atomic E-state index is 0.0783. The van der Waals surface area contributed by atoms with Gasteiger partial charge in [-0.1, -0.05) is 28.9 Å². The molecule has 1 amide bonds. The van der Waals surface area contributed by atoms with Gasteiger partial charge in [0.2, 0.25) is 17.6 Å². The molecule has 1 aliphatic heterocycles. The molecule has 1 aliphatic rings.